The molecular formula is C15H20Cl2N4. The van der Waals surface area contributed by atoms with Crippen LogP contribution < -0.4 is 5.32 Å². The van der Waals surface area contributed by atoms with Gasteiger partial charge in [-0.25, -0.2) is 0 Å². The zero-order chi connectivity index (χ0) is 15.4. The fraction of sp³-hybridized carbons (Fsp3) is 0.400. The predicted octanol–water partition coefficient (Wildman–Crippen LogP) is 3.06. The second kappa shape index (κ2) is 7.27. The van der Waals surface area contributed by atoms with Crippen molar-refractivity contribution in [2.24, 2.45) is 0 Å². The highest BCUT2D eigenvalue weighted by Crippen LogP contribution is 2.29. The molecule has 1 atom stereocenters. The van der Waals surface area contributed by atoms with Crippen molar-refractivity contribution in [1.29, 1.82) is 0 Å². The van der Waals surface area contributed by atoms with Crippen LogP contribution >= 0.6 is 23.2 Å². The summed E-state index contributed by atoms with van der Waals surface area (Å²) in [7, 11) is 5.99. The molecule has 0 bridgehead atoms. The first-order valence-corrected chi connectivity index (χ1v) is 7.57. The van der Waals surface area contributed by atoms with Gasteiger partial charge in [0.15, 0.2) is 0 Å². The molecule has 0 aliphatic carbocycles. The summed E-state index contributed by atoms with van der Waals surface area (Å²) in [6.07, 6.45) is 1.70. The summed E-state index contributed by atoms with van der Waals surface area (Å²) in [4.78, 5) is 2.12. The molecule has 0 amide bonds. The van der Waals surface area contributed by atoms with Gasteiger partial charge in [-0.15, -0.1) is 0 Å². The first kappa shape index (κ1) is 16.3. The van der Waals surface area contributed by atoms with Crippen molar-refractivity contribution in [2.75, 3.05) is 27.7 Å². The third-order valence-corrected chi connectivity index (χ3v) is 3.86. The lowest BCUT2D eigenvalue weighted by atomic mass is 10.0. The Morgan fingerprint density at radius 2 is 2.10 bits per heavy atom. The van der Waals surface area contributed by atoms with E-state index in [0.29, 0.717) is 10.0 Å². The standard InChI is InChI=1S/C15H20Cl2N4/c1-18-14(11-5-4-6-12(16)9-11)15-13(17)10-19-21(15)8-7-20(2)3/h4-6,9-10,14,18H,7-8H2,1-3H3. The molecule has 6 heteroatoms. The molecule has 1 aromatic carbocycles. The van der Waals surface area contributed by atoms with E-state index in [0.717, 1.165) is 24.3 Å². The summed E-state index contributed by atoms with van der Waals surface area (Å²) in [5, 5.41) is 9.06. The minimum atomic E-state index is -0.0409. The van der Waals surface area contributed by atoms with Crippen molar-refractivity contribution in [3.63, 3.8) is 0 Å². The van der Waals surface area contributed by atoms with Crippen molar-refractivity contribution >= 4 is 23.2 Å². The van der Waals surface area contributed by atoms with Crippen LogP contribution in [0.2, 0.25) is 10.0 Å². The van der Waals surface area contributed by atoms with Crippen LogP contribution in [0, 0.1) is 0 Å². The number of hydrogen-bond acceptors (Lipinski definition) is 3. The lowest BCUT2D eigenvalue weighted by Crippen LogP contribution is -2.25. The summed E-state index contributed by atoms with van der Waals surface area (Å²) < 4.78 is 1.95. The molecule has 0 spiro atoms. The van der Waals surface area contributed by atoms with Gasteiger partial charge in [0, 0.05) is 11.6 Å². The number of rotatable bonds is 6. The molecule has 114 valence electrons. The van der Waals surface area contributed by atoms with Crippen molar-refractivity contribution in [3.05, 3.63) is 51.8 Å². The molecule has 0 saturated heterocycles. The van der Waals surface area contributed by atoms with Gasteiger partial charge in [0.05, 0.1) is 29.5 Å². The summed E-state index contributed by atoms with van der Waals surface area (Å²) in [5.74, 6) is 0. The van der Waals surface area contributed by atoms with Gasteiger partial charge in [-0.2, -0.15) is 5.10 Å². The zero-order valence-corrected chi connectivity index (χ0v) is 14.0. The predicted molar refractivity (Wildman–Crippen MR) is 88.1 cm³/mol. The molecule has 0 radical (unpaired) electrons. The number of nitrogens with one attached hydrogen (secondary N) is 1. The van der Waals surface area contributed by atoms with Crippen LogP contribution in [0.1, 0.15) is 17.3 Å². The Bertz CT molecular complexity index is 595. The topological polar surface area (TPSA) is 33.1 Å². The van der Waals surface area contributed by atoms with Gasteiger partial charge in [-0.1, -0.05) is 35.3 Å². The Hall–Kier alpha value is -1.07. The number of aromatic nitrogens is 2. The SMILES string of the molecule is CNC(c1cccc(Cl)c1)c1c(Cl)cnn1CCN(C)C. The Labute approximate surface area is 135 Å². The van der Waals surface area contributed by atoms with Gasteiger partial charge in [0.2, 0.25) is 0 Å². The quantitative estimate of drug-likeness (QED) is 0.885. The summed E-state index contributed by atoms with van der Waals surface area (Å²) >= 11 is 12.5. The fourth-order valence-corrected chi connectivity index (χ4v) is 2.73. The molecule has 1 N–H and O–H groups in total. The number of benzene rings is 1. The van der Waals surface area contributed by atoms with Crippen LogP contribution in [-0.4, -0.2) is 42.4 Å². The summed E-state index contributed by atoms with van der Waals surface area (Å²) in [5.41, 5.74) is 2.03. The lowest BCUT2D eigenvalue weighted by molar-refractivity contribution is 0.366. The van der Waals surface area contributed by atoms with Crippen LogP contribution in [0.25, 0.3) is 0 Å². The number of hydrogen-bond donors (Lipinski definition) is 1. The number of nitrogens with zero attached hydrogens (tertiary/aromatic N) is 3. The van der Waals surface area contributed by atoms with Crippen molar-refractivity contribution in [2.45, 2.75) is 12.6 Å². The monoisotopic (exact) mass is 326 g/mol. The lowest BCUT2D eigenvalue weighted by Gasteiger charge is -2.20. The van der Waals surface area contributed by atoms with E-state index >= 15 is 0 Å². The molecule has 0 fully saturated rings. The Morgan fingerprint density at radius 3 is 2.71 bits per heavy atom. The van der Waals surface area contributed by atoms with Crippen LogP contribution in [-0.2, 0) is 6.54 Å². The average molecular weight is 327 g/mol. The van der Waals surface area contributed by atoms with Gasteiger partial charge in [0.25, 0.3) is 0 Å². The first-order valence-electron chi connectivity index (χ1n) is 6.81. The van der Waals surface area contributed by atoms with E-state index in [1.165, 1.54) is 0 Å². The second-order valence-electron chi connectivity index (χ2n) is 5.18. The molecule has 1 heterocycles. The van der Waals surface area contributed by atoms with E-state index in [-0.39, 0.29) is 6.04 Å². The molecule has 2 rings (SSSR count). The van der Waals surface area contributed by atoms with E-state index in [1.54, 1.807) is 6.20 Å². The molecule has 1 unspecified atom stereocenters. The van der Waals surface area contributed by atoms with Gasteiger partial charge in [0.1, 0.15) is 0 Å². The fourth-order valence-electron chi connectivity index (χ4n) is 2.28. The largest absolute Gasteiger partial charge is 0.308 e. The third-order valence-electron chi connectivity index (χ3n) is 3.34. The summed E-state index contributed by atoms with van der Waals surface area (Å²) in [6, 6.07) is 7.75. The molecule has 21 heavy (non-hydrogen) atoms. The van der Waals surface area contributed by atoms with E-state index in [2.05, 4.69) is 15.3 Å². The Balaban J connectivity index is 2.35. The van der Waals surface area contributed by atoms with Crippen LogP contribution in [0.4, 0.5) is 0 Å². The molecule has 0 aliphatic rings. The van der Waals surface area contributed by atoms with Gasteiger partial charge in [-0.05, 0) is 38.8 Å². The maximum atomic E-state index is 6.35. The minimum Gasteiger partial charge on any atom is -0.308 e. The van der Waals surface area contributed by atoms with E-state index in [1.807, 2.05) is 50.1 Å². The van der Waals surface area contributed by atoms with Crippen molar-refractivity contribution in [1.82, 2.24) is 20.0 Å². The number of halogens is 2. The zero-order valence-electron chi connectivity index (χ0n) is 12.5. The normalized spacial score (nSPS) is 12.9. The molecular weight excluding hydrogens is 307 g/mol. The Morgan fingerprint density at radius 1 is 1.33 bits per heavy atom. The van der Waals surface area contributed by atoms with Crippen LogP contribution in [0.3, 0.4) is 0 Å². The summed E-state index contributed by atoms with van der Waals surface area (Å²) in [6.45, 7) is 1.69. The van der Waals surface area contributed by atoms with Crippen LogP contribution in [0.15, 0.2) is 30.5 Å². The molecule has 1 aromatic heterocycles. The molecule has 4 nitrogen and oxygen atoms in total. The van der Waals surface area contributed by atoms with E-state index in [4.69, 9.17) is 23.2 Å². The average Bonchev–Trinajstić information content (AvgIpc) is 2.79. The van der Waals surface area contributed by atoms with E-state index in [9.17, 15) is 0 Å². The first-order chi connectivity index (χ1) is 10.0. The van der Waals surface area contributed by atoms with Gasteiger partial charge in [-0.3, -0.25) is 4.68 Å². The second-order valence-corrected chi connectivity index (χ2v) is 6.02. The highest BCUT2D eigenvalue weighted by atomic mass is 35.5. The van der Waals surface area contributed by atoms with Gasteiger partial charge >= 0.3 is 0 Å². The molecule has 0 saturated carbocycles. The highest BCUT2D eigenvalue weighted by Gasteiger charge is 2.21. The maximum Gasteiger partial charge on any atom is 0.0837 e. The minimum absolute atomic E-state index is 0.0409. The third kappa shape index (κ3) is 3.98. The molecule has 0 aliphatic heterocycles. The maximum absolute atomic E-state index is 6.35. The van der Waals surface area contributed by atoms with Crippen LogP contribution in [0.5, 0.6) is 0 Å². The highest BCUT2D eigenvalue weighted by molar-refractivity contribution is 6.31. The van der Waals surface area contributed by atoms with Gasteiger partial charge < -0.3 is 10.2 Å². The Kier molecular flexibility index (Phi) is 5.65. The van der Waals surface area contributed by atoms with E-state index < -0.39 is 0 Å². The van der Waals surface area contributed by atoms with Crippen molar-refractivity contribution in [3.8, 4) is 0 Å². The number of likely N-dealkylation sites (N-methyl/N-ethyl adjacent to an activating group) is 1. The molecule has 2 aromatic rings. The smallest absolute Gasteiger partial charge is 0.0837 e. The van der Waals surface area contributed by atoms with Crippen molar-refractivity contribution < 1.29 is 0 Å².